The lowest BCUT2D eigenvalue weighted by molar-refractivity contribution is -0.117. The highest BCUT2D eigenvalue weighted by molar-refractivity contribution is 8.05. The standard InChI is InChI=1S/C30H29N3O3S/c1-3-4-8-21-11-15-23(16-12-21)32-28(34)26(20-31)30-33(24-9-6-5-7-10-24)29(35)27(37-30)19-22-13-17-25(36-2)18-14-22/h5-7,9-18,27H,3-4,8,19H2,1-2H3,(H,32,34)/b30-26+. The van der Waals surface area contributed by atoms with Gasteiger partial charge in [0.2, 0.25) is 5.91 Å². The van der Waals surface area contributed by atoms with Crippen molar-refractivity contribution in [1.82, 2.24) is 0 Å². The Morgan fingerprint density at radius 1 is 1.03 bits per heavy atom. The van der Waals surface area contributed by atoms with E-state index in [-0.39, 0.29) is 11.5 Å². The highest BCUT2D eigenvalue weighted by atomic mass is 32.2. The molecule has 1 atom stereocenters. The fourth-order valence-corrected chi connectivity index (χ4v) is 5.41. The predicted molar refractivity (Wildman–Crippen MR) is 148 cm³/mol. The van der Waals surface area contributed by atoms with Crippen molar-refractivity contribution in [2.75, 3.05) is 17.3 Å². The lowest BCUT2D eigenvalue weighted by atomic mass is 10.1. The average molecular weight is 512 g/mol. The Morgan fingerprint density at radius 3 is 2.32 bits per heavy atom. The van der Waals surface area contributed by atoms with Crippen LogP contribution in [0, 0.1) is 11.3 Å². The van der Waals surface area contributed by atoms with Crippen molar-refractivity contribution in [3.05, 3.63) is 101 Å². The van der Waals surface area contributed by atoms with Gasteiger partial charge in [-0.15, -0.1) is 0 Å². The van der Waals surface area contributed by atoms with Crippen molar-refractivity contribution in [2.24, 2.45) is 0 Å². The summed E-state index contributed by atoms with van der Waals surface area (Å²) in [6.45, 7) is 2.15. The number of benzene rings is 3. The number of carbonyl (C=O) groups excluding carboxylic acids is 2. The molecular weight excluding hydrogens is 482 g/mol. The molecule has 188 valence electrons. The van der Waals surface area contributed by atoms with E-state index in [0.29, 0.717) is 22.8 Å². The van der Waals surface area contributed by atoms with Crippen LogP contribution in [0.15, 0.2) is 89.5 Å². The molecule has 0 spiro atoms. The number of nitrogens with zero attached hydrogens (tertiary/aromatic N) is 2. The number of anilines is 2. The number of aryl methyl sites for hydroxylation is 1. The first-order chi connectivity index (χ1) is 18.0. The maximum absolute atomic E-state index is 13.6. The number of rotatable bonds is 9. The summed E-state index contributed by atoms with van der Waals surface area (Å²) in [6.07, 6.45) is 3.67. The van der Waals surface area contributed by atoms with Crippen LogP contribution in [0.4, 0.5) is 11.4 Å². The number of methoxy groups -OCH3 is 1. The second-order valence-electron chi connectivity index (χ2n) is 8.71. The van der Waals surface area contributed by atoms with Crippen molar-refractivity contribution in [3.63, 3.8) is 0 Å². The maximum Gasteiger partial charge on any atom is 0.269 e. The van der Waals surface area contributed by atoms with E-state index in [1.165, 1.54) is 22.2 Å². The number of nitriles is 1. The molecule has 1 aliphatic heterocycles. The van der Waals surface area contributed by atoms with Crippen LogP contribution in [-0.2, 0) is 22.4 Å². The zero-order valence-corrected chi connectivity index (χ0v) is 21.8. The van der Waals surface area contributed by atoms with Crippen LogP contribution < -0.4 is 15.0 Å². The number of hydrogen-bond acceptors (Lipinski definition) is 5. The first-order valence-corrected chi connectivity index (χ1v) is 13.1. The molecule has 1 saturated heterocycles. The minimum Gasteiger partial charge on any atom is -0.497 e. The Bertz CT molecular complexity index is 1310. The van der Waals surface area contributed by atoms with Gasteiger partial charge in [-0.1, -0.05) is 67.6 Å². The molecule has 1 aliphatic rings. The van der Waals surface area contributed by atoms with Crippen molar-refractivity contribution in [1.29, 1.82) is 5.26 Å². The van der Waals surface area contributed by atoms with E-state index in [1.807, 2.05) is 66.7 Å². The number of unbranched alkanes of at least 4 members (excludes halogenated alkanes) is 1. The summed E-state index contributed by atoms with van der Waals surface area (Å²) < 4.78 is 5.23. The monoisotopic (exact) mass is 511 g/mol. The van der Waals surface area contributed by atoms with Crippen LogP contribution >= 0.6 is 11.8 Å². The molecular formula is C30H29N3O3S. The van der Waals surface area contributed by atoms with Gasteiger partial charge >= 0.3 is 0 Å². The summed E-state index contributed by atoms with van der Waals surface area (Å²) >= 11 is 1.25. The van der Waals surface area contributed by atoms with E-state index in [0.717, 1.165) is 30.6 Å². The molecule has 37 heavy (non-hydrogen) atoms. The van der Waals surface area contributed by atoms with Gasteiger partial charge in [-0.05, 0) is 66.8 Å². The smallest absolute Gasteiger partial charge is 0.269 e. The number of carbonyl (C=O) groups is 2. The molecule has 6 nitrogen and oxygen atoms in total. The first-order valence-electron chi connectivity index (χ1n) is 12.3. The third-order valence-electron chi connectivity index (χ3n) is 6.13. The van der Waals surface area contributed by atoms with E-state index in [2.05, 4.69) is 18.3 Å². The molecule has 0 radical (unpaired) electrons. The van der Waals surface area contributed by atoms with Crippen LogP contribution in [-0.4, -0.2) is 24.2 Å². The van der Waals surface area contributed by atoms with Gasteiger partial charge in [-0.3, -0.25) is 14.5 Å². The van der Waals surface area contributed by atoms with E-state index >= 15 is 0 Å². The summed E-state index contributed by atoms with van der Waals surface area (Å²) in [5.41, 5.74) is 3.30. The molecule has 3 aromatic carbocycles. The van der Waals surface area contributed by atoms with Crippen molar-refractivity contribution < 1.29 is 14.3 Å². The van der Waals surface area contributed by atoms with Crippen molar-refractivity contribution in [3.8, 4) is 11.8 Å². The molecule has 7 heteroatoms. The summed E-state index contributed by atoms with van der Waals surface area (Å²) in [5, 5.41) is 12.7. The molecule has 0 aliphatic carbocycles. The lowest BCUT2D eigenvalue weighted by Crippen LogP contribution is -2.30. The first kappa shape index (κ1) is 26.1. The minimum absolute atomic E-state index is 0.0884. The van der Waals surface area contributed by atoms with Gasteiger partial charge in [0, 0.05) is 11.4 Å². The molecule has 2 amide bonds. The summed E-state index contributed by atoms with van der Waals surface area (Å²) in [6, 6.07) is 26.4. The molecule has 0 saturated carbocycles. The second kappa shape index (κ2) is 12.3. The predicted octanol–water partition coefficient (Wildman–Crippen LogP) is 6.10. The number of amides is 2. The molecule has 0 aromatic heterocycles. The lowest BCUT2D eigenvalue weighted by Gasteiger charge is -2.18. The van der Waals surface area contributed by atoms with E-state index in [1.54, 1.807) is 19.2 Å². The van der Waals surface area contributed by atoms with Gasteiger partial charge in [-0.2, -0.15) is 5.26 Å². The minimum atomic E-state index is -0.537. The Kier molecular flexibility index (Phi) is 8.65. The van der Waals surface area contributed by atoms with E-state index in [9.17, 15) is 14.9 Å². The molecule has 4 rings (SSSR count). The van der Waals surface area contributed by atoms with Crippen LogP contribution in [0.25, 0.3) is 0 Å². The second-order valence-corrected chi connectivity index (χ2v) is 9.91. The molecule has 1 heterocycles. The van der Waals surface area contributed by atoms with Crippen LogP contribution in [0.2, 0.25) is 0 Å². The zero-order valence-electron chi connectivity index (χ0n) is 20.9. The van der Waals surface area contributed by atoms with Crippen LogP contribution in [0.1, 0.15) is 30.9 Å². The topological polar surface area (TPSA) is 82.4 Å². The third kappa shape index (κ3) is 6.22. The quantitative estimate of drug-likeness (QED) is 0.277. The third-order valence-corrected chi connectivity index (χ3v) is 7.39. The van der Waals surface area contributed by atoms with Gasteiger partial charge in [0.15, 0.2) is 0 Å². The highest BCUT2D eigenvalue weighted by Crippen LogP contribution is 2.42. The molecule has 3 aromatic rings. The number of thioether (sulfide) groups is 1. The normalized spacial score (nSPS) is 16.3. The number of hydrogen-bond donors (Lipinski definition) is 1. The molecule has 1 unspecified atom stereocenters. The average Bonchev–Trinajstić information content (AvgIpc) is 3.24. The number of nitrogens with one attached hydrogen (secondary N) is 1. The fourth-order valence-electron chi connectivity index (χ4n) is 4.10. The van der Waals surface area contributed by atoms with Gasteiger partial charge < -0.3 is 10.1 Å². The molecule has 1 fully saturated rings. The van der Waals surface area contributed by atoms with Gasteiger partial charge in [0.05, 0.1) is 12.4 Å². The van der Waals surface area contributed by atoms with Gasteiger partial charge in [0.1, 0.15) is 22.4 Å². The Hall–Kier alpha value is -4.02. The van der Waals surface area contributed by atoms with E-state index in [4.69, 9.17) is 4.74 Å². The zero-order chi connectivity index (χ0) is 26.2. The highest BCUT2D eigenvalue weighted by Gasteiger charge is 2.40. The molecule has 1 N–H and O–H groups in total. The maximum atomic E-state index is 13.6. The Labute approximate surface area is 221 Å². The van der Waals surface area contributed by atoms with Gasteiger partial charge in [0.25, 0.3) is 5.91 Å². The van der Waals surface area contributed by atoms with Crippen LogP contribution in [0.3, 0.4) is 0 Å². The Balaban J connectivity index is 1.62. The number of ether oxygens (including phenoxy) is 1. The van der Waals surface area contributed by atoms with Crippen molar-refractivity contribution in [2.45, 2.75) is 37.9 Å². The molecule has 0 bridgehead atoms. The summed E-state index contributed by atoms with van der Waals surface area (Å²) in [7, 11) is 1.61. The largest absolute Gasteiger partial charge is 0.497 e. The number of para-hydroxylation sites is 1. The SMILES string of the molecule is CCCCc1ccc(NC(=O)/C(C#N)=C2/SC(Cc3ccc(OC)cc3)C(=O)N2c2ccccc2)cc1. The van der Waals surface area contributed by atoms with Gasteiger partial charge in [-0.25, -0.2) is 0 Å². The Morgan fingerprint density at radius 2 is 1.70 bits per heavy atom. The fraction of sp³-hybridized carbons (Fsp3) is 0.233. The van der Waals surface area contributed by atoms with Crippen molar-refractivity contribution >= 4 is 35.0 Å². The van der Waals surface area contributed by atoms with Crippen LogP contribution in [0.5, 0.6) is 5.75 Å². The summed E-state index contributed by atoms with van der Waals surface area (Å²) in [4.78, 5) is 28.3. The van der Waals surface area contributed by atoms with E-state index < -0.39 is 11.2 Å². The summed E-state index contributed by atoms with van der Waals surface area (Å²) in [5.74, 6) is 0.0375.